The number of aryl methyl sites for hydroxylation is 2. The normalized spacial score (nSPS) is 18.5. The van der Waals surface area contributed by atoms with Crippen LogP contribution in [0.4, 0.5) is 5.13 Å². The van der Waals surface area contributed by atoms with Crippen LogP contribution < -0.4 is 4.90 Å². The van der Waals surface area contributed by atoms with Gasteiger partial charge in [-0.2, -0.15) is 4.31 Å². The minimum Gasteiger partial charge on any atom is -0.373 e. The number of nitrogens with zero attached hydrogens (tertiary/aromatic N) is 4. The minimum atomic E-state index is -3.68. The largest absolute Gasteiger partial charge is 0.373 e. The number of thiazole rings is 1. The van der Waals surface area contributed by atoms with Crippen LogP contribution >= 0.6 is 23.7 Å². The molecule has 1 amide bonds. The summed E-state index contributed by atoms with van der Waals surface area (Å²) in [6.07, 6.45) is 0.444. The van der Waals surface area contributed by atoms with E-state index in [0.29, 0.717) is 30.3 Å². The number of amides is 1. The van der Waals surface area contributed by atoms with E-state index in [2.05, 4.69) is 30.9 Å². The molecule has 1 fully saturated rings. The van der Waals surface area contributed by atoms with Gasteiger partial charge in [0, 0.05) is 25.2 Å². The van der Waals surface area contributed by atoms with Crippen LogP contribution in [0, 0.1) is 13.8 Å². The number of fused-ring (bicyclic) bond motifs is 1. The molecule has 0 spiro atoms. The molecule has 0 bridgehead atoms. The van der Waals surface area contributed by atoms with Crippen molar-refractivity contribution in [3.63, 3.8) is 0 Å². The van der Waals surface area contributed by atoms with Crippen molar-refractivity contribution in [3.8, 4) is 0 Å². The maximum absolute atomic E-state index is 13.7. The lowest BCUT2D eigenvalue weighted by Crippen LogP contribution is -2.48. The highest BCUT2D eigenvalue weighted by Crippen LogP contribution is 2.32. The molecule has 1 saturated heterocycles. The number of ether oxygens (including phenoxy) is 1. The number of halogens is 1. The van der Waals surface area contributed by atoms with Crippen LogP contribution in [0.2, 0.25) is 0 Å². The van der Waals surface area contributed by atoms with Gasteiger partial charge in [-0.15, -0.1) is 12.4 Å². The number of morpholine rings is 1. The number of anilines is 1. The summed E-state index contributed by atoms with van der Waals surface area (Å²) >= 11 is 1.50. The zero-order valence-electron chi connectivity index (χ0n) is 22.8. The molecule has 2 heterocycles. The summed E-state index contributed by atoms with van der Waals surface area (Å²) in [4.78, 5) is 22.4. The maximum Gasteiger partial charge on any atom is 0.260 e. The second-order valence-corrected chi connectivity index (χ2v) is 13.1. The standard InChI is InChI=1S/C27H36N4O4S2.ClH/c1-18-14-24-25(15-19(18)2)36-27(28-24)31(13-7-12-29(5)6)26(32)22-8-10-23(11-9-22)37(33,34)30-16-20(3)35-21(4)17-30;/h8-11,14-15,20-21H,7,12-13,16-17H2,1-6H3;1H. The first-order valence-electron chi connectivity index (χ1n) is 12.6. The first kappa shape index (κ1) is 30.5. The fraction of sp³-hybridized carbons (Fsp3) is 0.481. The zero-order chi connectivity index (χ0) is 26.9. The van der Waals surface area contributed by atoms with Crippen molar-refractivity contribution in [1.82, 2.24) is 14.2 Å². The highest BCUT2D eigenvalue weighted by Gasteiger charge is 2.32. The van der Waals surface area contributed by atoms with Gasteiger partial charge in [0.1, 0.15) is 0 Å². The lowest BCUT2D eigenvalue weighted by molar-refractivity contribution is -0.0440. The van der Waals surface area contributed by atoms with Crippen molar-refractivity contribution >= 4 is 55.0 Å². The second-order valence-electron chi connectivity index (χ2n) is 10.1. The molecule has 0 radical (unpaired) electrons. The Morgan fingerprint density at radius 2 is 1.66 bits per heavy atom. The van der Waals surface area contributed by atoms with Crippen molar-refractivity contribution in [2.75, 3.05) is 45.2 Å². The second kappa shape index (κ2) is 12.4. The number of aromatic nitrogens is 1. The predicted octanol–water partition coefficient (Wildman–Crippen LogP) is 4.73. The lowest BCUT2D eigenvalue weighted by atomic mass is 10.1. The van der Waals surface area contributed by atoms with Crippen LogP contribution in [0.15, 0.2) is 41.3 Å². The van der Waals surface area contributed by atoms with Crippen molar-refractivity contribution in [2.24, 2.45) is 0 Å². The third kappa shape index (κ3) is 6.73. The van der Waals surface area contributed by atoms with Crippen LogP contribution in [-0.2, 0) is 14.8 Å². The third-order valence-electron chi connectivity index (χ3n) is 6.58. The Bertz CT molecular complexity index is 1330. The van der Waals surface area contributed by atoms with Gasteiger partial charge < -0.3 is 9.64 Å². The quantitative estimate of drug-likeness (QED) is 0.383. The van der Waals surface area contributed by atoms with E-state index in [1.165, 1.54) is 33.3 Å². The Kier molecular flexibility index (Phi) is 9.94. The minimum absolute atomic E-state index is 0. The molecule has 2 atom stereocenters. The molecule has 0 saturated carbocycles. The third-order valence-corrected chi connectivity index (χ3v) is 9.47. The van der Waals surface area contributed by atoms with Gasteiger partial charge in [0.05, 0.1) is 27.3 Å². The van der Waals surface area contributed by atoms with Gasteiger partial charge in [0.15, 0.2) is 5.13 Å². The molecule has 0 aliphatic carbocycles. The Labute approximate surface area is 236 Å². The molecule has 38 heavy (non-hydrogen) atoms. The lowest BCUT2D eigenvalue weighted by Gasteiger charge is -2.34. The van der Waals surface area contributed by atoms with Crippen molar-refractivity contribution in [1.29, 1.82) is 0 Å². The molecule has 2 unspecified atom stereocenters. The predicted molar refractivity (Wildman–Crippen MR) is 156 cm³/mol. The molecule has 0 N–H and O–H groups in total. The average Bonchev–Trinajstić information content (AvgIpc) is 3.23. The van der Waals surface area contributed by atoms with Crippen molar-refractivity contribution in [2.45, 2.75) is 51.2 Å². The van der Waals surface area contributed by atoms with Gasteiger partial charge in [0.2, 0.25) is 10.0 Å². The van der Waals surface area contributed by atoms with Crippen molar-refractivity contribution in [3.05, 3.63) is 53.1 Å². The van der Waals surface area contributed by atoms with Gasteiger partial charge in [-0.1, -0.05) is 11.3 Å². The van der Waals surface area contributed by atoms with Gasteiger partial charge >= 0.3 is 0 Å². The highest BCUT2D eigenvalue weighted by atomic mass is 35.5. The number of hydrogen-bond donors (Lipinski definition) is 0. The molecule has 11 heteroatoms. The summed E-state index contributed by atoms with van der Waals surface area (Å²) in [5, 5.41) is 0.650. The highest BCUT2D eigenvalue weighted by molar-refractivity contribution is 7.89. The Hall–Kier alpha value is -2.08. The average molecular weight is 581 g/mol. The van der Waals surface area contributed by atoms with E-state index in [-0.39, 0.29) is 35.4 Å². The SMILES string of the molecule is Cc1cc2nc(N(CCCN(C)C)C(=O)c3ccc(S(=O)(=O)N4CC(C)OC(C)C4)cc3)sc2cc1C.Cl. The zero-order valence-corrected chi connectivity index (χ0v) is 25.3. The summed E-state index contributed by atoms with van der Waals surface area (Å²) < 4.78 is 34.7. The number of hydrogen-bond acceptors (Lipinski definition) is 7. The summed E-state index contributed by atoms with van der Waals surface area (Å²) in [6, 6.07) is 10.4. The van der Waals surface area contributed by atoms with Gasteiger partial charge in [0.25, 0.3) is 5.91 Å². The number of benzene rings is 2. The molecule has 2 aromatic carbocycles. The van der Waals surface area contributed by atoms with E-state index in [9.17, 15) is 13.2 Å². The molecule has 1 aromatic heterocycles. The Morgan fingerprint density at radius 3 is 2.26 bits per heavy atom. The first-order valence-corrected chi connectivity index (χ1v) is 14.8. The van der Waals surface area contributed by atoms with Gasteiger partial charge in [-0.3, -0.25) is 9.69 Å². The smallest absolute Gasteiger partial charge is 0.260 e. The molecule has 1 aliphatic heterocycles. The fourth-order valence-corrected chi connectivity index (χ4v) is 7.17. The van der Waals surface area contributed by atoms with Gasteiger partial charge in [-0.05, 0) is 102 Å². The molecular formula is C27H37ClN4O4S2. The monoisotopic (exact) mass is 580 g/mol. The molecule has 208 valence electrons. The van der Waals surface area contributed by atoms with Crippen LogP contribution in [-0.4, -0.2) is 81.0 Å². The first-order chi connectivity index (χ1) is 17.5. The summed E-state index contributed by atoms with van der Waals surface area (Å²) in [5.74, 6) is -0.191. The molecule has 3 aromatic rings. The molecule has 8 nitrogen and oxygen atoms in total. The molecule has 4 rings (SSSR count). The summed E-state index contributed by atoms with van der Waals surface area (Å²) in [7, 11) is 0.330. The number of rotatable bonds is 8. The number of sulfonamides is 1. The Morgan fingerprint density at radius 1 is 1.05 bits per heavy atom. The topological polar surface area (TPSA) is 83.1 Å². The summed E-state index contributed by atoms with van der Waals surface area (Å²) in [6.45, 7) is 9.83. The van der Waals surface area contributed by atoms with E-state index >= 15 is 0 Å². The number of carbonyl (C=O) groups is 1. The summed E-state index contributed by atoms with van der Waals surface area (Å²) in [5.41, 5.74) is 3.66. The van der Waals surface area contributed by atoms with Gasteiger partial charge in [-0.25, -0.2) is 13.4 Å². The van der Waals surface area contributed by atoms with Crippen LogP contribution in [0.5, 0.6) is 0 Å². The van der Waals surface area contributed by atoms with E-state index < -0.39 is 10.0 Å². The fourth-order valence-electron chi connectivity index (χ4n) is 4.51. The maximum atomic E-state index is 13.7. The van der Waals surface area contributed by atoms with Crippen LogP contribution in [0.3, 0.4) is 0 Å². The van der Waals surface area contributed by atoms with Crippen LogP contribution in [0.1, 0.15) is 41.8 Å². The Balaban J connectivity index is 0.00000400. The van der Waals surface area contributed by atoms with E-state index in [1.807, 2.05) is 27.9 Å². The molecule has 1 aliphatic rings. The van der Waals surface area contributed by atoms with Crippen LogP contribution in [0.25, 0.3) is 10.2 Å². The van der Waals surface area contributed by atoms with E-state index in [0.717, 1.165) is 28.7 Å². The van der Waals surface area contributed by atoms with Crippen molar-refractivity contribution < 1.29 is 17.9 Å². The number of carbonyl (C=O) groups excluding carboxylic acids is 1. The van der Waals surface area contributed by atoms with E-state index in [1.54, 1.807) is 17.0 Å². The molecular weight excluding hydrogens is 544 g/mol. The van der Waals surface area contributed by atoms with E-state index in [4.69, 9.17) is 9.72 Å².